The van der Waals surface area contributed by atoms with Crippen molar-refractivity contribution >= 4 is 39.3 Å². The van der Waals surface area contributed by atoms with E-state index in [0.29, 0.717) is 12.3 Å². The second-order valence-electron chi connectivity index (χ2n) is 12.3. The van der Waals surface area contributed by atoms with E-state index in [0.717, 1.165) is 16.1 Å². The topological polar surface area (TPSA) is 179 Å². The zero-order chi connectivity index (χ0) is 36.3. The highest BCUT2D eigenvalue weighted by Crippen LogP contribution is 2.22. The normalized spacial score (nSPS) is 13.9. The van der Waals surface area contributed by atoms with Crippen LogP contribution in [-0.2, 0) is 26.0 Å². The van der Waals surface area contributed by atoms with E-state index < -0.39 is 40.0 Å². The number of nitrogens with one attached hydrogen (secondary N) is 5. The van der Waals surface area contributed by atoms with Gasteiger partial charge in [-0.15, -0.1) is 0 Å². The van der Waals surface area contributed by atoms with Crippen LogP contribution in [0, 0.1) is 5.92 Å². The Morgan fingerprint density at radius 2 is 1.47 bits per heavy atom. The van der Waals surface area contributed by atoms with Crippen LogP contribution >= 0.6 is 0 Å². The Hall–Kier alpha value is -4.69. The smallest absolute Gasteiger partial charge is 0.251 e. The van der Waals surface area contributed by atoms with Gasteiger partial charge < -0.3 is 31.0 Å². The van der Waals surface area contributed by atoms with Crippen molar-refractivity contribution in [3.8, 4) is 0 Å². The lowest BCUT2D eigenvalue weighted by molar-refractivity contribution is -0.130. The van der Waals surface area contributed by atoms with Gasteiger partial charge in [-0.1, -0.05) is 44.2 Å². The number of carbonyl (C=O) groups excluding carboxylic acids is 4. The predicted octanol–water partition coefficient (Wildman–Crippen LogP) is 2.76. The average molecular weight is 697 g/mol. The molecule has 0 radical (unpaired) electrons. The fourth-order valence-electron chi connectivity index (χ4n) is 4.98. The largest absolute Gasteiger partial charge is 0.469 e. The zero-order valence-corrected chi connectivity index (χ0v) is 29.9. The molecule has 0 unspecified atom stereocenters. The van der Waals surface area contributed by atoms with Gasteiger partial charge in [0.2, 0.25) is 21.8 Å². The quantitative estimate of drug-likeness (QED) is 0.143. The van der Waals surface area contributed by atoms with Crippen LogP contribution in [0.4, 0.5) is 5.69 Å². The minimum atomic E-state index is -3.73. The van der Waals surface area contributed by atoms with Crippen molar-refractivity contribution in [3.05, 3.63) is 89.4 Å². The molecule has 0 aliphatic carbocycles. The number of sulfonamides is 1. The van der Waals surface area contributed by atoms with Crippen LogP contribution in [0.2, 0.25) is 0 Å². The summed E-state index contributed by atoms with van der Waals surface area (Å²) in [5.74, 6) is -1.27. The van der Waals surface area contributed by atoms with Crippen LogP contribution in [0.25, 0.3) is 0 Å². The first-order valence-corrected chi connectivity index (χ1v) is 18.0. The fraction of sp³-hybridized carbons (Fsp3) is 0.429. The molecule has 266 valence electrons. The Morgan fingerprint density at radius 1 is 0.837 bits per heavy atom. The first-order valence-electron chi connectivity index (χ1n) is 16.2. The van der Waals surface area contributed by atoms with E-state index in [1.807, 2.05) is 51.1 Å². The fourth-order valence-corrected chi connectivity index (χ4v) is 5.46. The lowest BCUT2D eigenvalue weighted by Gasteiger charge is -2.25. The van der Waals surface area contributed by atoms with Gasteiger partial charge in [0, 0.05) is 43.7 Å². The third kappa shape index (κ3) is 11.5. The van der Waals surface area contributed by atoms with Crippen molar-refractivity contribution in [1.29, 1.82) is 0 Å². The van der Waals surface area contributed by atoms with Crippen molar-refractivity contribution in [3.63, 3.8) is 0 Å². The molecule has 49 heavy (non-hydrogen) atoms. The number of anilines is 1. The minimum absolute atomic E-state index is 0.0578. The van der Waals surface area contributed by atoms with Crippen LogP contribution in [0.1, 0.15) is 72.7 Å². The molecule has 4 amide bonds. The van der Waals surface area contributed by atoms with Crippen molar-refractivity contribution in [1.82, 2.24) is 26.6 Å². The molecular weight excluding hydrogens is 648 g/mol. The highest BCUT2D eigenvalue weighted by molar-refractivity contribution is 7.92. The standard InChI is InChI=1S/C35H48N6O7S/c1-8-36-35(45)31(22(2)3)40-32(42)24(5)37-21-28(20-30-15-12-16-48-30)39-34(44)27-17-26(18-29(19-27)41(6)49(7,46)47)33(43)38-23(4)25-13-10-9-11-14-25/h9-19,22-24,28,31,37H,8,20-21H2,1-7H3,(H,36,45)(H,38,43)(H,39,44)(H,40,42)/t23-,24+,28+,31+/m1/s1. The number of hydrogen-bond acceptors (Lipinski definition) is 8. The summed E-state index contributed by atoms with van der Waals surface area (Å²) >= 11 is 0. The van der Waals surface area contributed by atoms with Crippen molar-refractivity contribution in [2.24, 2.45) is 5.92 Å². The van der Waals surface area contributed by atoms with Gasteiger partial charge in [-0.3, -0.25) is 23.5 Å². The van der Waals surface area contributed by atoms with E-state index in [9.17, 15) is 27.6 Å². The highest BCUT2D eigenvalue weighted by atomic mass is 32.2. The second kappa shape index (κ2) is 17.6. The van der Waals surface area contributed by atoms with Gasteiger partial charge in [-0.25, -0.2) is 8.42 Å². The van der Waals surface area contributed by atoms with Gasteiger partial charge in [0.15, 0.2) is 0 Å². The Bertz CT molecular complexity index is 1680. The molecular formula is C35H48N6O7S. The molecule has 1 aromatic heterocycles. The first-order chi connectivity index (χ1) is 23.1. The minimum Gasteiger partial charge on any atom is -0.469 e. The van der Waals surface area contributed by atoms with Crippen LogP contribution in [0.15, 0.2) is 71.3 Å². The van der Waals surface area contributed by atoms with Crippen LogP contribution in [0.3, 0.4) is 0 Å². The van der Waals surface area contributed by atoms with E-state index in [1.165, 1.54) is 31.5 Å². The summed E-state index contributed by atoms with van der Waals surface area (Å²) in [6.07, 6.45) is 2.80. The molecule has 0 saturated carbocycles. The predicted molar refractivity (Wildman–Crippen MR) is 189 cm³/mol. The Morgan fingerprint density at radius 3 is 2.02 bits per heavy atom. The molecule has 2 aromatic carbocycles. The number of amides is 4. The third-order valence-electron chi connectivity index (χ3n) is 7.97. The van der Waals surface area contributed by atoms with Gasteiger partial charge >= 0.3 is 0 Å². The number of carbonyl (C=O) groups is 4. The number of hydrogen-bond donors (Lipinski definition) is 5. The van der Waals surface area contributed by atoms with Gasteiger partial charge in [-0.05, 0) is 62.6 Å². The number of nitrogens with zero attached hydrogens (tertiary/aromatic N) is 1. The molecule has 3 aromatic rings. The number of benzene rings is 2. The van der Waals surface area contributed by atoms with E-state index in [4.69, 9.17) is 4.42 Å². The van der Waals surface area contributed by atoms with E-state index in [-0.39, 0.29) is 53.6 Å². The van der Waals surface area contributed by atoms with E-state index >= 15 is 0 Å². The number of likely N-dealkylation sites (N-methyl/N-ethyl adjacent to an activating group) is 1. The second-order valence-corrected chi connectivity index (χ2v) is 14.3. The molecule has 0 spiro atoms. The molecule has 13 nitrogen and oxygen atoms in total. The Labute approximate surface area is 288 Å². The van der Waals surface area contributed by atoms with Crippen LogP contribution < -0.4 is 30.9 Å². The summed E-state index contributed by atoms with van der Waals surface area (Å²) in [7, 11) is -2.39. The van der Waals surface area contributed by atoms with Crippen LogP contribution in [0.5, 0.6) is 0 Å². The van der Waals surface area contributed by atoms with Crippen molar-refractivity contribution < 1.29 is 32.0 Å². The van der Waals surface area contributed by atoms with E-state index in [2.05, 4.69) is 26.6 Å². The molecule has 5 N–H and O–H groups in total. The summed E-state index contributed by atoms with van der Waals surface area (Å²) in [6, 6.07) is 14.6. The molecule has 3 rings (SSSR count). The van der Waals surface area contributed by atoms with Gasteiger partial charge in [-0.2, -0.15) is 0 Å². The summed E-state index contributed by atoms with van der Waals surface area (Å²) in [6.45, 7) is 9.54. The summed E-state index contributed by atoms with van der Waals surface area (Å²) in [5.41, 5.74) is 1.16. The molecule has 1 heterocycles. The maximum atomic E-state index is 13.8. The summed E-state index contributed by atoms with van der Waals surface area (Å²) in [4.78, 5) is 52.7. The molecule has 14 heteroatoms. The first kappa shape index (κ1) is 38.8. The molecule has 0 aliphatic heterocycles. The van der Waals surface area contributed by atoms with Gasteiger partial charge in [0.25, 0.3) is 11.8 Å². The van der Waals surface area contributed by atoms with Crippen molar-refractivity contribution in [2.45, 2.75) is 65.2 Å². The van der Waals surface area contributed by atoms with Gasteiger partial charge in [0.1, 0.15) is 11.8 Å². The maximum absolute atomic E-state index is 13.8. The Balaban J connectivity index is 1.84. The molecule has 0 bridgehead atoms. The van der Waals surface area contributed by atoms with Gasteiger partial charge in [0.05, 0.1) is 30.3 Å². The molecule has 0 aliphatic rings. The Kier molecular flexibility index (Phi) is 13.9. The zero-order valence-electron chi connectivity index (χ0n) is 29.1. The summed E-state index contributed by atoms with van der Waals surface area (Å²) in [5, 5.41) is 14.5. The SMILES string of the molecule is CCNC(=O)[C@@H](NC(=O)[C@H](C)NC[C@H](Cc1ccco1)NC(=O)c1cc(C(=O)N[C@H](C)c2ccccc2)cc(N(C)S(C)(=O)=O)c1)C(C)C. The highest BCUT2D eigenvalue weighted by Gasteiger charge is 2.27. The molecule has 0 fully saturated rings. The average Bonchev–Trinajstić information content (AvgIpc) is 3.58. The number of rotatable bonds is 17. The lowest BCUT2D eigenvalue weighted by atomic mass is 10.0. The van der Waals surface area contributed by atoms with E-state index in [1.54, 1.807) is 26.0 Å². The lowest BCUT2D eigenvalue weighted by Crippen LogP contribution is -2.55. The molecule has 0 saturated heterocycles. The third-order valence-corrected chi connectivity index (χ3v) is 9.18. The number of furan rings is 1. The monoisotopic (exact) mass is 696 g/mol. The van der Waals surface area contributed by atoms with Crippen LogP contribution in [-0.4, -0.2) is 76.6 Å². The molecule has 4 atom stereocenters. The summed E-state index contributed by atoms with van der Waals surface area (Å²) < 4.78 is 31.4. The van der Waals surface area contributed by atoms with Crippen molar-refractivity contribution in [2.75, 3.05) is 30.7 Å². The maximum Gasteiger partial charge on any atom is 0.251 e.